The Labute approximate surface area is 93.7 Å². The molecule has 1 heterocycles. The third-order valence-electron chi connectivity index (χ3n) is 2.51. The molecule has 0 aliphatic carbocycles. The molecule has 1 aromatic carbocycles. The van der Waals surface area contributed by atoms with Crippen LogP contribution in [-0.4, -0.2) is 9.78 Å². The van der Waals surface area contributed by atoms with E-state index in [1.54, 1.807) is 16.8 Å². The molecule has 0 fully saturated rings. The summed E-state index contributed by atoms with van der Waals surface area (Å²) >= 11 is 0. The van der Waals surface area contributed by atoms with Crippen molar-refractivity contribution in [2.45, 2.75) is 13.0 Å². The third-order valence-corrected chi connectivity index (χ3v) is 2.51. The molecule has 0 saturated carbocycles. The lowest BCUT2D eigenvalue weighted by molar-refractivity contribution is 0.628. The van der Waals surface area contributed by atoms with E-state index in [2.05, 4.69) is 5.10 Å². The van der Waals surface area contributed by atoms with E-state index in [0.717, 1.165) is 17.0 Å². The van der Waals surface area contributed by atoms with E-state index in [1.807, 2.05) is 20.0 Å². The fourth-order valence-corrected chi connectivity index (χ4v) is 1.60. The predicted octanol–water partition coefficient (Wildman–Crippen LogP) is 2.25. The minimum absolute atomic E-state index is 0.0969. The molecule has 16 heavy (non-hydrogen) atoms. The number of aryl methyl sites for hydroxylation is 1. The van der Waals surface area contributed by atoms with Crippen LogP contribution in [0.4, 0.5) is 4.39 Å². The van der Waals surface area contributed by atoms with E-state index in [1.165, 1.54) is 12.1 Å². The van der Waals surface area contributed by atoms with E-state index in [9.17, 15) is 4.39 Å². The fourth-order valence-electron chi connectivity index (χ4n) is 1.60. The second-order valence-electron chi connectivity index (χ2n) is 3.87. The van der Waals surface area contributed by atoms with Crippen LogP contribution < -0.4 is 5.73 Å². The number of hydrogen-bond donors (Lipinski definition) is 1. The summed E-state index contributed by atoms with van der Waals surface area (Å²) in [4.78, 5) is 0. The van der Waals surface area contributed by atoms with Crippen LogP contribution in [0.2, 0.25) is 0 Å². The van der Waals surface area contributed by atoms with E-state index < -0.39 is 0 Å². The average molecular weight is 219 g/mol. The van der Waals surface area contributed by atoms with Crippen LogP contribution in [0, 0.1) is 5.82 Å². The molecule has 0 aliphatic rings. The Morgan fingerprint density at radius 1 is 1.31 bits per heavy atom. The number of nitrogens with two attached hydrogens (primary N) is 1. The van der Waals surface area contributed by atoms with Crippen LogP contribution in [0.15, 0.2) is 30.3 Å². The standard InChI is InChI=1S/C12H14FN3/c1-8(14)11-7-12(16(2)15-11)9-3-5-10(13)6-4-9/h3-8H,14H2,1-2H3. The van der Waals surface area contributed by atoms with Crippen molar-refractivity contribution in [3.63, 3.8) is 0 Å². The van der Waals surface area contributed by atoms with Gasteiger partial charge in [0.15, 0.2) is 0 Å². The first kappa shape index (κ1) is 10.8. The molecule has 0 bridgehead atoms. The summed E-state index contributed by atoms with van der Waals surface area (Å²) in [6, 6.07) is 8.18. The topological polar surface area (TPSA) is 43.8 Å². The Morgan fingerprint density at radius 2 is 1.94 bits per heavy atom. The normalized spacial score (nSPS) is 12.8. The average Bonchev–Trinajstić information content (AvgIpc) is 2.62. The van der Waals surface area contributed by atoms with E-state index in [0.29, 0.717) is 0 Å². The fraction of sp³-hybridized carbons (Fsp3) is 0.250. The molecule has 2 N–H and O–H groups in total. The van der Waals surface area contributed by atoms with Gasteiger partial charge in [-0.3, -0.25) is 4.68 Å². The van der Waals surface area contributed by atoms with Gasteiger partial charge in [-0.25, -0.2) is 4.39 Å². The van der Waals surface area contributed by atoms with Gasteiger partial charge in [-0.15, -0.1) is 0 Å². The van der Waals surface area contributed by atoms with Crippen molar-refractivity contribution in [1.82, 2.24) is 9.78 Å². The van der Waals surface area contributed by atoms with Crippen molar-refractivity contribution >= 4 is 0 Å². The maximum Gasteiger partial charge on any atom is 0.123 e. The lowest BCUT2D eigenvalue weighted by atomic mass is 10.1. The minimum atomic E-state index is -0.238. The summed E-state index contributed by atoms with van der Waals surface area (Å²) in [5, 5.41) is 4.31. The number of aromatic nitrogens is 2. The van der Waals surface area contributed by atoms with E-state index >= 15 is 0 Å². The lowest BCUT2D eigenvalue weighted by Crippen LogP contribution is -2.06. The molecule has 84 valence electrons. The second-order valence-corrected chi connectivity index (χ2v) is 3.87. The summed E-state index contributed by atoms with van der Waals surface area (Å²) in [5.74, 6) is -0.238. The highest BCUT2D eigenvalue weighted by Crippen LogP contribution is 2.21. The zero-order chi connectivity index (χ0) is 11.7. The van der Waals surface area contributed by atoms with Crippen molar-refractivity contribution in [2.75, 3.05) is 0 Å². The first-order valence-corrected chi connectivity index (χ1v) is 5.13. The molecular formula is C12H14FN3. The molecule has 1 unspecified atom stereocenters. The van der Waals surface area contributed by atoms with Crippen LogP contribution in [0.5, 0.6) is 0 Å². The van der Waals surface area contributed by atoms with E-state index in [4.69, 9.17) is 5.73 Å². The Bertz CT molecular complexity index is 485. The zero-order valence-corrected chi connectivity index (χ0v) is 9.31. The van der Waals surface area contributed by atoms with Crippen molar-refractivity contribution in [3.8, 4) is 11.3 Å². The third kappa shape index (κ3) is 1.97. The summed E-state index contributed by atoms with van der Waals surface area (Å²) in [6.07, 6.45) is 0. The largest absolute Gasteiger partial charge is 0.323 e. The Balaban J connectivity index is 2.44. The van der Waals surface area contributed by atoms with Gasteiger partial charge in [0.2, 0.25) is 0 Å². The van der Waals surface area contributed by atoms with Gasteiger partial charge in [0, 0.05) is 13.1 Å². The highest BCUT2D eigenvalue weighted by Gasteiger charge is 2.09. The van der Waals surface area contributed by atoms with Crippen LogP contribution in [0.1, 0.15) is 18.7 Å². The minimum Gasteiger partial charge on any atom is -0.323 e. The molecule has 4 heteroatoms. The summed E-state index contributed by atoms with van der Waals surface area (Å²) < 4.78 is 14.5. The molecule has 0 radical (unpaired) electrons. The Kier molecular flexibility index (Phi) is 2.75. The van der Waals surface area contributed by atoms with Gasteiger partial charge < -0.3 is 5.73 Å². The highest BCUT2D eigenvalue weighted by atomic mass is 19.1. The van der Waals surface area contributed by atoms with Crippen LogP contribution >= 0.6 is 0 Å². The molecular weight excluding hydrogens is 205 g/mol. The molecule has 3 nitrogen and oxygen atoms in total. The van der Waals surface area contributed by atoms with Gasteiger partial charge in [0.05, 0.1) is 11.4 Å². The highest BCUT2D eigenvalue weighted by molar-refractivity contribution is 5.59. The Hall–Kier alpha value is -1.68. The van der Waals surface area contributed by atoms with Gasteiger partial charge >= 0.3 is 0 Å². The van der Waals surface area contributed by atoms with Crippen molar-refractivity contribution in [3.05, 3.63) is 41.8 Å². The molecule has 0 aliphatic heterocycles. The molecule has 0 saturated heterocycles. The number of rotatable bonds is 2. The van der Waals surface area contributed by atoms with E-state index in [-0.39, 0.29) is 11.9 Å². The van der Waals surface area contributed by atoms with Gasteiger partial charge in [-0.2, -0.15) is 5.10 Å². The first-order valence-electron chi connectivity index (χ1n) is 5.13. The van der Waals surface area contributed by atoms with Crippen molar-refractivity contribution in [1.29, 1.82) is 0 Å². The van der Waals surface area contributed by atoms with Crippen molar-refractivity contribution in [2.24, 2.45) is 12.8 Å². The van der Waals surface area contributed by atoms with Gasteiger partial charge in [-0.1, -0.05) is 0 Å². The second kappa shape index (κ2) is 4.06. The maximum absolute atomic E-state index is 12.8. The van der Waals surface area contributed by atoms with Crippen molar-refractivity contribution < 1.29 is 4.39 Å². The number of halogens is 1. The van der Waals surface area contributed by atoms with Gasteiger partial charge in [-0.05, 0) is 42.8 Å². The maximum atomic E-state index is 12.8. The zero-order valence-electron chi connectivity index (χ0n) is 9.31. The van der Waals surface area contributed by atoms with Gasteiger partial charge in [0.25, 0.3) is 0 Å². The SMILES string of the molecule is CC(N)c1cc(-c2ccc(F)cc2)n(C)n1. The first-order chi connectivity index (χ1) is 7.58. The molecule has 0 spiro atoms. The monoisotopic (exact) mass is 219 g/mol. The number of benzene rings is 1. The van der Waals surface area contributed by atoms with Crippen LogP contribution in [0.3, 0.4) is 0 Å². The number of hydrogen-bond acceptors (Lipinski definition) is 2. The van der Waals surface area contributed by atoms with Crippen LogP contribution in [-0.2, 0) is 7.05 Å². The lowest BCUT2D eigenvalue weighted by Gasteiger charge is -2.00. The summed E-state index contributed by atoms with van der Waals surface area (Å²) in [5.41, 5.74) is 8.47. The van der Waals surface area contributed by atoms with Gasteiger partial charge in [0.1, 0.15) is 5.82 Å². The smallest absolute Gasteiger partial charge is 0.123 e. The molecule has 2 rings (SSSR count). The predicted molar refractivity (Wildman–Crippen MR) is 61.2 cm³/mol. The number of nitrogens with zero attached hydrogens (tertiary/aromatic N) is 2. The molecule has 2 aromatic rings. The Morgan fingerprint density at radius 3 is 2.44 bits per heavy atom. The molecule has 1 atom stereocenters. The molecule has 1 aromatic heterocycles. The van der Waals surface area contributed by atoms with Crippen LogP contribution in [0.25, 0.3) is 11.3 Å². The quantitative estimate of drug-likeness (QED) is 0.841. The summed E-state index contributed by atoms with van der Waals surface area (Å²) in [7, 11) is 1.85. The summed E-state index contributed by atoms with van der Waals surface area (Å²) in [6.45, 7) is 1.89. The molecule has 0 amide bonds.